The van der Waals surface area contributed by atoms with Crippen molar-refractivity contribution in [2.45, 2.75) is 46.0 Å². The van der Waals surface area contributed by atoms with Gasteiger partial charge in [-0.3, -0.25) is 4.79 Å². The maximum absolute atomic E-state index is 12.2. The van der Waals surface area contributed by atoms with Crippen molar-refractivity contribution in [3.63, 3.8) is 0 Å². The number of nitrogens with one attached hydrogen (secondary N) is 1. The SMILES string of the molecule is CCCc1nc(C)cc(N2CCC[C@H](C(=O)NCCCO)C2)n1. The second-order valence-electron chi connectivity index (χ2n) is 6.19. The Balaban J connectivity index is 2.01. The lowest BCUT2D eigenvalue weighted by Crippen LogP contribution is -2.43. The van der Waals surface area contributed by atoms with E-state index in [4.69, 9.17) is 5.11 Å². The van der Waals surface area contributed by atoms with E-state index in [0.29, 0.717) is 19.5 Å². The monoisotopic (exact) mass is 320 g/mol. The van der Waals surface area contributed by atoms with Crippen LogP contribution in [0.3, 0.4) is 0 Å². The van der Waals surface area contributed by atoms with Crippen molar-refractivity contribution in [1.82, 2.24) is 15.3 Å². The van der Waals surface area contributed by atoms with Crippen LogP contribution in [0.2, 0.25) is 0 Å². The number of carbonyl (C=O) groups is 1. The van der Waals surface area contributed by atoms with E-state index in [9.17, 15) is 4.79 Å². The molecule has 0 radical (unpaired) electrons. The van der Waals surface area contributed by atoms with E-state index < -0.39 is 0 Å². The van der Waals surface area contributed by atoms with Crippen LogP contribution in [0, 0.1) is 12.8 Å². The number of aromatic nitrogens is 2. The number of hydrogen-bond donors (Lipinski definition) is 2. The Bertz CT molecular complexity index is 521. The van der Waals surface area contributed by atoms with Gasteiger partial charge in [0.05, 0.1) is 5.92 Å². The van der Waals surface area contributed by atoms with E-state index in [1.54, 1.807) is 0 Å². The number of aliphatic hydroxyl groups excluding tert-OH is 1. The molecule has 2 N–H and O–H groups in total. The summed E-state index contributed by atoms with van der Waals surface area (Å²) >= 11 is 0. The fourth-order valence-electron chi connectivity index (χ4n) is 2.94. The van der Waals surface area contributed by atoms with Crippen molar-refractivity contribution < 1.29 is 9.90 Å². The van der Waals surface area contributed by atoms with Crippen molar-refractivity contribution in [3.05, 3.63) is 17.6 Å². The lowest BCUT2D eigenvalue weighted by Gasteiger charge is -2.33. The van der Waals surface area contributed by atoms with Crippen LogP contribution >= 0.6 is 0 Å². The number of aliphatic hydroxyl groups is 1. The molecule has 128 valence electrons. The summed E-state index contributed by atoms with van der Waals surface area (Å²) in [5.41, 5.74) is 0.980. The van der Waals surface area contributed by atoms with E-state index in [2.05, 4.69) is 27.1 Å². The molecule has 2 rings (SSSR count). The van der Waals surface area contributed by atoms with E-state index in [-0.39, 0.29) is 18.4 Å². The first kappa shape index (κ1) is 17.7. The maximum Gasteiger partial charge on any atom is 0.224 e. The summed E-state index contributed by atoms with van der Waals surface area (Å²) in [6.07, 6.45) is 4.41. The molecule has 1 saturated heterocycles. The molecule has 23 heavy (non-hydrogen) atoms. The number of nitrogens with zero attached hydrogens (tertiary/aromatic N) is 3. The molecule has 1 aliphatic heterocycles. The summed E-state index contributed by atoms with van der Waals surface area (Å²) in [4.78, 5) is 23.6. The minimum absolute atomic E-state index is 0.00709. The van der Waals surface area contributed by atoms with Crippen LogP contribution in [-0.2, 0) is 11.2 Å². The number of anilines is 1. The van der Waals surface area contributed by atoms with Gasteiger partial charge in [-0.05, 0) is 32.6 Å². The largest absolute Gasteiger partial charge is 0.396 e. The zero-order valence-corrected chi connectivity index (χ0v) is 14.2. The van der Waals surface area contributed by atoms with Crippen LogP contribution < -0.4 is 10.2 Å². The average Bonchev–Trinajstić information content (AvgIpc) is 2.55. The molecule has 0 unspecified atom stereocenters. The summed E-state index contributed by atoms with van der Waals surface area (Å²) in [5.74, 6) is 1.90. The van der Waals surface area contributed by atoms with Crippen LogP contribution in [-0.4, -0.2) is 47.2 Å². The van der Waals surface area contributed by atoms with Gasteiger partial charge in [-0.25, -0.2) is 9.97 Å². The van der Waals surface area contributed by atoms with Crippen LogP contribution in [0.4, 0.5) is 5.82 Å². The normalized spacial score (nSPS) is 18.0. The molecular formula is C17H28N4O2. The Morgan fingerprint density at radius 3 is 3.04 bits per heavy atom. The molecule has 0 saturated carbocycles. The standard InChI is InChI=1S/C17H28N4O2/c1-3-6-15-19-13(2)11-16(20-15)21-9-4-7-14(12-21)17(23)18-8-5-10-22/h11,14,22H,3-10,12H2,1-2H3,(H,18,23)/t14-/m0/s1. The smallest absolute Gasteiger partial charge is 0.224 e. The number of rotatable bonds is 7. The number of hydrogen-bond acceptors (Lipinski definition) is 5. The number of carbonyl (C=O) groups excluding carboxylic acids is 1. The van der Waals surface area contributed by atoms with Crippen molar-refractivity contribution >= 4 is 11.7 Å². The fourth-order valence-corrected chi connectivity index (χ4v) is 2.94. The van der Waals surface area contributed by atoms with Gasteiger partial charge in [0.2, 0.25) is 5.91 Å². The second-order valence-corrected chi connectivity index (χ2v) is 6.19. The minimum atomic E-state index is -0.00709. The topological polar surface area (TPSA) is 78.4 Å². The maximum atomic E-state index is 12.2. The van der Waals surface area contributed by atoms with Gasteiger partial charge in [0.1, 0.15) is 11.6 Å². The minimum Gasteiger partial charge on any atom is -0.396 e. The van der Waals surface area contributed by atoms with Crippen LogP contribution in [0.1, 0.15) is 44.1 Å². The molecule has 0 aromatic carbocycles. The fraction of sp³-hybridized carbons (Fsp3) is 0.706. The average molecular weight is 320 g/mol. The van der Waals surface area contributed by atoms with Gasteiger partial charge >= 0.3 is 0 Å². The lowest BCUT2D eigenvalue weighted by molar-refractivity contribution is -0.125. The molecule has 1 aromatic rings. The predicted molar refractivity (Wildman–Crippen MR) is 90.4 cm³/mol. The van der Waals surface area contributed by atoms with Crippen molar-refractivity contribution in [1.29, 1.82) is 0 Å². The first-order valence-corrected chi connectivity index (χ1v) is 8.62. The van der Waals surface area contributed by atoms with Gasteiger partial charge in [-0.15, -0.1) is 0 Å². The number of aryl methyl sites for hydroxylation is 2. The summed E-state index contributed by atoms with van der Waals surface area (Å²) in [7, 11) is 0. The number of piperidine rings is 1. The first-order chi connectivity index (χ1) is 11.1. The van der Waals surface area contributed by atoms with Gasteiger partial charge in [-0.1, -0.05) is 6.92 Å². The van der Waals surface area contributed by atoms with Gasteiger partial charge in [-0.2, -0.15) is 0 Å². The van der Waals surface area contributed by atoms with Crippen LogP contribution in [0.25, 0.3) is 0 Å². The third-order valence-corrected chi connectivity index (χ3v) is 4.11. The summed E-state index contributed by atoms with van der Waals surface area (Å²) in [6.45, 7) is 6.40. The quantitative estimate of drug-likeness (QED) is 0.744. The molecule has 0 bridgehead atoms. The van der Waals surface area contributed by atoms with E-state index in [1.165, 1.54) is 0 Å². The Morgan fingerprint density at radius 2 is 2.30 bits per heavy atom. The van der Waals surface area contributed by atoms with Crippen molar-refractivity contribution in [2.75, 3.05) is 31.1 Å². The van der Waals surface area contributed by atoms with Crippen molar-refractivity contribution in [3.8, 4) is 0 Å². The third-order valence-electron chi connectivity index (χ3n) is 4.11. The molecule has 1 aliphatic rings. The Hall–Kier alpha value is -1.69. The molecule has 0 spiro atoms. The Labute approximate surface area is 138 Å². The van der Waals surface area contributed by atoms with Gasteiger partial charge in [0, 0.05) is 44.4 Å². The first-order valence-electron chi connectivity index (χ1n) is 8.62. The van der Waals surface area contributed by atoms with E-state index >= 15 is 0 Å². The van der Waals surface area contributed by atoms with Crippen LogP contribution in [0.15, 0.2) is 6.07 Å². The molecule has 0 aliphatic carbocycles. The molecule has 1 fully saturated rings. The highest BCUT2D eigenvalue weighted by Crippen LogP contribution is 2.22. The zero-order valence-electron chi connectivity index (χ0n) is 14.2. The van der Waals surface area contributed by atoms with Crippen LogP contribution in [0.5, 0.6) is 0 Å². The molecular weight excluding hydrogens is 292 g/mol. The zero-order chi connectivity index (χ0) is 16.7. The molecule has 1 aromatic heterocycles. The predicted octanol–water partition coefficient (Wildman–Crippen LogP) is 1.45. The molecule has 1 atom stereocenters. The Kier molecular flexibility index (Phi) is 6.77. The summed E-state index contributed by atoms with van der Waals surface area (Å²) < 4.78 is 0. The van der Waals surface area contributed by atoms with Gasteiger partial charge < -0.3 is 15.3 Å². The molecule has 1 amide bonds. The third kappa shape index (κ3) is 5.16. The van der Waals surface area contributed by atoms with Gasteiger partial charge in [0.15, 0.2) is 0 Å². The highest BCUT2D eigenvalue weighted by atomic mass is 16.3. The lowest BCUT2D eigenvalue weighted by atomic mass is 9.97. The summed E-state index contributed by atoms with van der Waals surface area (Å²) in [5, 5.41) is 11.7. The highest BCUT2D eigenvalue weighted by molar-refractivity contribution is 5.79. The second kappa shape index (κ2) is 8.82. The number of amides is 1. The van der Waals surface area contributed by atoms with E-state index in [1.807, 2.05) is 13.0 Å². The van der Waals surface area contributed by atoms with Gasteiger partial charge in [0.25, 0.3) is 0 Å². The van der Waals surface area contributed by atoms with Crippen molar-refractivity contribution in [2.24, 2.45) is 5.92 Å². The molecule has 6 heteroatoms. The van der Waals surface area contributed by atoms with E-state index in [0.717, 1.165) is 49.6 Å². The Morgan fingerprint density at radius 1 is 1.48 bits per heavy atom. The highest BCUT2D eigenvalue weighted by Gasteiger charge is 2.26. The molecule has 2 heterocycles. The molecule has 6 nitrogen and oxygen atoms in total. The summed E-state index contributed by atoms with van der Waals surface area (Å²) in [6, 6.07) is 2.01.